The van der Waals surface area contributed by atoms with Crippen LogP contribution in [0.15, 0.2) is 0 Å². The third-order valence-electron chi connectivity index (χ3n) is 5.28. The van der Waals surface area contributed by atoms with E-state index in [0.29, 0.717) is 6.04 Å². The van der Waals surface area contributed by atoms with Crippen molar-refractivity contribution in [1.29, 1.82) is 0 Å². The summed E-state index contributed by atoms with van der Waals surface area (Å²) < 4.78 is 0. The molecule has 0 aromatic rings. The van der Waals surface area contributed by atoms with Gasteiger partial charge in [0.15, 0.2) is 0 Å². The lowest BCUT2D eigenvalue weighted by atomic mass is 9.95. The Morgan fingerprint density at radius 2 is 1.81 bits per heavy atom. The lowest BCUT2D eigenvalue weighted by molar-refractivity contribution is -0.145. The molecule has 1 aliphatic carbocycles. The van der Waals surface area contributed by atoms with Crippen molar-refractivity contribution in [3.05, 3.63) is 6.42 Å². The second-order valence-electron chi connectivity index (χ2n) is 6.54. The molecule has 3 fully saturated rings. The molecule has 21 heavy (non-hydrogen) atoms. The number of nitrogens with zero attached hydrogens (tertiary/aromatic N) is 3. The molecule has 2 saturated heterocycles. The third kappa shape index (κ3) is 3.76. The molecule has 1 atom stereocenters. The zero-order valence-corrected chi connectivity index (χ0v) is 13.0. The zero-order chi connectivity index (χ0) is 14.5. The van der Waals surface area contributed by atoms with Crippen LogP contribution in [0.5, 0.6) is 0 Å². The summed E-state index contributed by atoms with van der Waals surface area (Å²) in [5.74, 6) is 0. The van der Waals surface area contributed by atoms with Crippen LogP contribution in [0.4, 0.5) is 0 Å². The first-order valence-electron chi connectivity index (χ1n) is 8.65. The lowest BCUT2D eigenvalue weighted by Crippen LogP contribution is -2.59. The molecule has 1 radical (unpaired) electrons. The van der Waals surface area contributed by atoms with Gasteiger partial charge in [-0.05, 0) is 45.2 Å². The molecule has 1 N–H and O–H groups in total. The first-order valence-corrected chi connectivity index (χ1v) is 8.65. The van der Waals surface area contributed by atoms with E-state index < -0.39 is 0 Å². The predicted octanol–water partition coefficient (Wildman–Crippen LogP) is 0.876. The maximum absolute atomic E-state index is 11.5. The molecule has 0 aromatic carbocycles. The van der Waals surface area contributed by atoms with Crippen molar-refractivity contribution in [3.8, 4) is 0 Å². The smallest absolute Gasteiger partial charge is 0.224 e. The molecule has 119 valence electrons. The maximum Gasteiger partial charge on any atom is 0.224 e. The van der Waals surface area contributed by atoms with Crippen molar-refractivity contribution < 1.29 is 4.79 Å². The summed E-state index contributed by atoms with van der Waals surface area (Å²) in [6.07, 6.45) is 10.7. The van der Waals surface area contributed by atoms with E-state index in [9.17, 15) is 4.79 Å². The normalized spacial score (nSPS) is 27.6. The van der Waals surface area contributed by atoms with E-state index >= 15 is 0 Å². The fourth-order valence-electron chi connectivity index (χ4n) is 4.00. The molecule has 1 amide bonds. The topological polar surface area (TPSA) is 38.8 Å². The minimum absolute atomic E-state index is 0.335. The largest absolute Gasteiger partial charge is 0.317 e. The van der Waals surface area contributed by atoms with E-state index in [4.69, 9.17) is 0 Å². The number of piperazine rings is 1. The molecular weight excluding hydrogens is 264 g/mol. The van der Waals surface area contributed by atoms with Crippen LogP contribution < -0.4 is 5.32 Å². The second-order valence-corrected chi connectivity index (χ2v) is 6.54. The summed E-state index contributed by atoms with van der Waals surface area (Å²) in [6.45, 7) is 6.49. The van der Waals surface area contributed by atoms with Gasteiger partial charge >= 0.3 is 0 Å². The average Bonchev–Trinajstić information content (AvgIpc) is 2.58. The predicted molar refractivity (Wildman–Crippen MR) is 83.5 cm³/mol. The van der Waals surface area contributed by atoms with Gasteiger partial charge in [-0.1, -0.05) is 12.8 Å². The van der Waals surface area contributed by atoms with Gasteiger partial charge in [0.25, 0.3) is 0 Å². The molecule has 2 aliphatic heterocycles. The molecule has 0 aromatic heterocycles. The molecule has 0 bridgehead atoms. The standard InChI is InChI=1S/C16H29N4O/c21-14-20(16-4-2-1-3-5-16)19-12-10-18(11-13-19)15-6-8-17-9-7-15/h4,14-17H,1-3,5-13H2. The minimum Gasteiger partial charge on any atom is -0.317 e. The van der Waals surface area contributed by atoms with Gasteiger partial charge in [0.2, 0.25) is 6.41 Å². The summed E-state index contributed by atoms with van der Waals surface area (Å²) in [5, 5.41) is 7.68. The third-order valence-corrected chi connectivity index (χ3v) is 5.28. The van der Waals surface area contributed by atoms with Crippen LogP contribution in [-0.2, 0) is 4.79 Å². The number of nitrogens with one attached hydrogen (secondary N) is 1. The summed E-state index contributed by atoms with van der Waals surface area (Å²) >= 11 is 0. The SMILES string of the molecule is O=CN(C1[CH]CCCC1)N1CCN(C2CCNCC2)CC1. The number of hydrogen-bond donors (Lipinski definition) is 1. The van der Waals surface area contributed by atoms with Crippen molar-refractivity contribution in [2.24, 2.45) is 0 Å². The van der Waals surface area contributed by atoms with E-state index in [1.165, 1.54) is 25.7 Å². The fourth-order valence-corrected chi connectivity index (χ4v) is 4.00. The number of amides is 1. The molecule has 5 nitrogen and oxygen atoms in total. The van der Waals surface area contributed by atoms with Gasteiger partial charge in [-0.15, -0.1) is 0 Å². The first-order chi connectivity index (χ1) is 10.4. The van der Waals surface area contributed by atoms with Gasteiger partial charge in [0.05, 0.1) is 6.04 Å². The Morgan fingerprint density at radius 3 is 2.43 bits per heavy atom. The second kappa shape index (κ2) is 7.56. The highest BCUT2D eigenvalue weighted by molar-refractivity contribution is 5.47. The number of hydrazine groups is 1. The van der Waals surface area contributed by atoms with Crippen LogP contribution >= 0.6 is 0 Å². The lowest BCUT2D eigenvalue weighted by Gasteiger charge is -2.46. The Labute approximate surface area is 128 Å². The van der Waals surface area contributed by atoms with Gasteiger partial charge in [-0.25, -0.2) is 5.01 Å². The van der Waals surface area contributed by atoms with Crippen molar-refractivity contribution in [3.63, 3.8) is 0 Å². The summed E-state index contributed by atoms with van der Waals surface area (Å²) in [6, 6.07) is 1.08. The molecule has 2 heterocycles. The van der Waals surface area contributed by atoms with Gasteiger partial charge in [0, 0.05) is 32.2 Å². The number of piperidine rings is 1. The molecular formula is C16H29N4O. The Balaban J connectivity index is 1.50. The monoisotopic (exact) mass is 293 g/mol. The van der Waals surface area contributed by atoms with Crippen molar-refractivity contribution in [2.45, 2.75) is 50.6 Å². The first kappa shape index (κ1) is 15.3. The average molecular weight is 293 g/mol. The van der Waals surface area contributed by atoms with Crippen LogP contribution in [0.3, 0.4) is 0 Å². The highest BCUT2D eigenvalue weighted by Gasteiger charge is 2.30. The van der Waals surface area contributed by atoms with Gasteiger partial charge in [0.1, 0.15) is 0 Å². The van der Waals surface area contributed by atoms with Gasteiger partial charge < -0.3 is 5.32 Å². The van der Waals surface area contributed by atoms with Crippen LogP contribution in [0.25, 0.3) is 0 Å². The molecule has 3 rings (SSSR count). The van der Waals surface area contributed by atoms with E-state index in [1.54, 1.807) is 0 Å². The van der Waals surface area contributed by atoms with Gasteiger partial charge in [-0.3, -0.25) is 14.7 Å². The molecule has 3 aliphatic rings. The van der Waals surface area contributed by atoms with Crippen LogP contribution in [-0.4, -0.2) is 72.7 Å². The Kier molecular flexibility index (Phi) is 5.49. The highest BCUT2D eigenvalue weighted by Crippen LogP contribution is 2.23. The zero-order valence-electron chi connectivity index (χ0n) is 13.0. The van der Waals surface area contributed by atoms with Gasteiger partial charge in [-0.2, -0.15) is 0 Å². The molecule has 1 unspecified atom stereocenters. The Hall–Kier alpha value is -0.650. The molecule has 1 saturated carbocycles. The molecule has 5 heteroatoms. The Bertz CT molecular complexity index is 318. The summed E-state index contributed by atoms with van der Waals surface area (Å²) in [7, 11) is 0. The minimum atomic E-state index is 0.335. The quantitative estimate of drug-likeness (QED) is 0.781. The van der Waals surface area contributed by atoms with E-state index in [-0.39, 0.29) is 0 Å². The van der Waals surface area contributed by atoms with Crippen LogP contribution in [0, 0.1) is 6.42 Å². The molecule has 0 spiro atoms. The van der Waals surface area contributed by atoms with Crippen molar-refractivity contribution in [2.75, 3.05) is 39.3 Å². The number of rotatable bonds is 4. The van der Waals surface area contributed by atoms with Crippen molar-refractivity contribution >= 4 is 6.41 Å². The van der Waals surface area contributed by atoms with E-state index in [2.05, 4.69) is 21.6 Å². The van der Waals surface area contributed by atoms with Crippen LogP contribution in [0.2, 0.25) is 0 Å². The Morgan fingerprint density at radius 1 is 1.05 bits per heavy atom. The number of hydrogen-bond acceptors (Lipinski definition) is 4. The summed E-state index contributed by atoms with van der Waals surface area (Å²) in [5.41, 5.74) is 0. The van der Waals surface area contributed by atoms with Crippen molar-refractivity contribution in [1.82, 2.24) is 20.2 Å². The van der Waals surface area contributed by atoms with Crippen LogP contribution in [0.1, 0.15) is 38.5 Å². The number of carbonyl (C=O) groups is 1. The maximum atomic E-state index is 11.5. The highest BCUT2D eigenvalue weighted by atomic mass is 16.1. The fraction of sp³-hybridized carbons (Fsp3) is 0.875. The number of carbonyl (C=O) groups excluding carboxylic acids is 1. The van der Waals surface area contributed by atoms with E-state index in [1.807, 2.05) is 5.01 Å². The van der Waals surface area contributed by atoms with E-state index in [0.717, 1.165) is 64.6 Å². The summed E-state index contributed by atoms with van der Waals surface area (Å²) in [4.78, 5) is 14.2.